The maximum absolute atomic E-state index is 13.0. The highest BCUT2D eigenvalue weighted by Gasteiger charge is 2.53. The van der Waals surface area contributed by atoms with Crippen molar-refractivity contribution in [3.63, 3.8) is 0 Å². The Labute approximate surface area is 130 Å². The third-order valence-corrected chi connectivity index (χ3v) is 4.00. The number of carbonyl (C=O) groups is 1. The standard InChI is InChI=1S/C11H9BrF3N3O4/c12-7-1-16-2-8(18(21)22)9(7)17-3-5(10(19)20)6(4-17)11(13,14)15/h1-2,5-6H,3-4H2,(H,19,20)/t5-,6-/m1/s1. The molecule has 11 heteroatoms. The van der Waals surface area contributed by atoms with Crippen LogP contribution in [0.4, 0.5) is 24.5 Å². The van der Waals surface area contributed by atoms with Crippen LogP contribution in [0.15, 0.2) is 16.9 Å². The molecule has 1 saturated heterocycles. The minimum Gasteiger partial charge on any atom is -0.481 e. The molecule has 1 fully saturated rings. The number of rotatable bonds is 3. The molecular formula is C11H9BrF3N3O4. The van der Waals surface area contributed by atoms with Gasteiger partial charge >= 0.3 is 17.8 Å². The lowest BCUT2D eigenvalue weighted by Gasteiger charge is -2.20. The van der Waals surface area contributed by atoms with Gasteiger partial charge in [-0.15, -0.1) is 0 Å². The maximum Gasteiger partial charge on any atom is 0.394 e. The Morgan fingerprint density at radius 3 is 2.55 bits per heavy atom. The van der Waals surface area contributed by atoms with Crippen molar-refractivity contribution in [2.24, 2.45) is 11.8 Å². The van der Waals surface area contributed by atoms with Gasteiger partial charge in [-0.3, -0.25) is 19.9 Å². The van der Waals surface area contributed by atoms with Gasteiger partial charge in [0, 0.05) is 19.3 Å². The molecule has 2 atom stereocenters. The summed E-state index contributed by atoms with van der Waals surface area (Å²) in [5, 5.41) is 20.0. The normalized spacial score (nSPS) is 21.9. The summed E-state index contributed by atoms with van der Waals surface area (Å²) in [4.78, 5) is 25.9. The first-order valence-corrected chi connectivity index (χ1v) is 6.74. The van der Waals surface area contributed by atoms with Gasteiger partial charge in [0.05, 0.1) is 21.2 Å². The highest BCUT2D eigenvalue weighted by molar-refractivity contribution is 9.10. The van der Waals surface area contributed by atoms with E-state index in [4.69, 9.17) is 5.11 Å². The van der Waals surface area contributed by atoms with Crippen LogP contribution in [0.2, 0.25) is 0 Å². The van der Waals surface area contributed by atoms with Crippen LogP contribution in [0, 0.1) is 22.0 Å². The molecule has 0 aromatic carbocycles. The topological polar surface area (TPSA) is 96.6 Å². The Morgan fingerprint density at radius 2 is 2.09 bits per heavy atom. The van der Waals surface area contributed by atoms with E-state index < -0.39 is 47.7 Å². The Bertz CT molecular complexity index is 625. The number of alkyl halides is 3. The fourth-order valence-electron chi connectivity index (χ4n) is 2.43. The molecule has 0 aliphatic carbocycles. The summed E-state index contributed by atoms with van der Waals surface area (Å²) in [5.41, 5.74) is -0.584. The zero-order valence-electron chi connectivity index (χ0n) is 10.7. The van der Waals surface area contributed by atoms with Crippen molar-refractivity contribution < 1.29 is 28.0 Å². The first-order chi connectivity index (χ1) is 10.1. The summed E-state index contributed by atoms with van der Waals surface area (Å²) in [5.74, 6) is -5.36. The number of anilines is 1. The minimum absolute atomic E-state index is 0.0991. The molecule has 1 aromatic rings. The van der Waals surface area contributed by atoms with Gasteiger partial charge in [0.15, 0.2) is 0 Å². The van der Waals surface area contributed by atoms with Crippen LogP contribution in [-0.2, 0) is 4.79 Å². The molecule has 22 heavy (non-hydrogen) atoms. The summed E-state index contributed by atoms with van der Waals surface area (Å²) in [7, 11) is 0. The number of aliphatic carboxylic acids is 1. The third kappa shape index (κ3) is 2.98. The van der Waals surface area contributed by atoms with E-state index in [-0.39, 0.29) is 10.2 Å². The molecule has 0 saturated carbocycles. The second kappa shape index (κ2) is 5.71. The van der Waals surface area contributed by atoms with Crippen LogP contribution in [0.1, 0.15) is 0 Å². The van der Waals surface area contributed by atoms with E-state index in [1.54, 1.807) is 0 Å². The summed E-state index contributed by atoms with van der Waals surface area (Å²) < 4.78 is 39.0. The van der Waals surface area contributed by atoms with Crippen molar-refractivity contribution in [3.05, 3.63) is 27.0 Å². The van der Waals surface area contributed by atoms with Crippen LogP contribution in [0.5, 0.6) is 0 Å². The van der Waals surface area contributed by atoms with E-state index in [1.807, 2.05) is 0 Å². The zero-order chi connectivity index (χ0) is 16.7. The Hall–Kier alpha value is -1.91. The van der Waals surface area contributed by atoms with Gasteiger partial charge in [-0.1, -0.05) is 0 Å². The highest BCUT2D eigenvalue weighted by Crippen LogP contribution is 2.43. The molecule has 120 valence electrons. The van der Waals surface area contributed by atoms with Crippen LogP contribution in [0.3, 0.4) is 0 Å². The SMILES string of the molecule is O=C(O)[C@@H]1CN(c2c(Br)cncc2[N+](=O)[O-])C[C@H]1C(F)(F)F. The summed E-state index contributed by atoms with van der Waals surface area (Å²) >= 11 is 3.02. The molecule has 2 heterocycles. The highest BCUT2D eigenvalue weighted by atomic mass is 79.9. The van der Waals surface area contributed by atoms with Gasteiger partial charge < -0.3 is 10.0 Å². The quantitative estimate of drug-likeness (QED) is 0.635. The number of carboxylic acids is 1. The van der Waals surface area contributed by atoms with Gasteiger partial charge in [-0.2, -0.15) is 13.2 Å². The Balaban J connectivity index is 2.44. The molecule has 1 aliphatic rings. The molecule has 1 aromatic heterocycles. The van der Waals surface area contributed by atoms with Crippen molar-refractivity contribution in [3.8, 4) is 0 Å². The average Bonchev–Trinajstić information content (AvgIpc) is 2.83. The van der Waals surface area contributed by atoms with E-state index in [1.165, 1.54) is 6.20 Å². The fraction of sp³-hybridized carbons (Fsp3) is 0.455. The number of nitrogens with zero attached hydrogens (tertiary/aromatic N) is 3. The second-order valence-corrected chi connectivity index (χ2v) is 5.60. The summed E-state index contributed by atoms with van der Waals surface area (Å²) in [6.07, 6.45) is -2.58. The molecule has 0 radical (unpaired) electrons. The van der Waals surface area contributed by atoms with Gasteiger partial charge in [0.25, 0.3) is 0 Å². The second-order valence-electron chi connectivity index (χ2n) is 4.74. The lowest BCUT2D eigenvalue weighted by atomic mass is 9.96. The molecular weight excluding hydrogens is 375 g/mol. The Morgan fingerprint density at radius 1 is 1.45 bits per heavy atom. The number of aromatic nitrogens is 1. The lowest BCUT2D eigenvalue weighted by molar-refractivity contribution is -0.384. The Kier molecular flexibility index (Phi) is 4.27. The van der Waals surface area contributed by atoms with E-state index in [0.717, 1.165) is 11.1 Å². The maximum atomic E-state index is 13.0. The number of halogens is 4. The summed E-state index contributed by atoms with van der Waals surface area (Å²) in [6.45, 7) is -1.13. The molecule has 0 spiro atoms. The predicted molar refractivity (Wildman–Crippen MR) is 71.5 cm³/mol. The molecule has 1 aliphatic heterocycles. The molecule has 1 N–H and O–H groups in total. The number of nitro groups is 1. The monoisotopic (exact) mass is 383 g/mol. The van der Waals surface area contributed by atoms with Gasteiger partial charge in [-0.25, -0.2) is 0 Å². The van der Waals surface area contributed by atoms with Crippen molar-refractivity contribution >= 4 is 33.3 Å². The number of hydrogen-bond donors (Lipinski definition) is 1. The van der Waals surface area contributed by atoms with Crippen LogP contribution < -0.4 is 4.90 Å². The van der Waals surface area contributed by atoms with Crippen molar-refractivity contribution in [1.29, 1.82) is 0 Å². The number of pyridine rings is 1. The number of carboxylic acid groups (broad SMARTS) is 1. The number of hydrogen-bond acceptors (Lipinski definition) is 5. The smallest absolute Gasteiger partial charge is 0.394 e. The molecule has 0 amide bonds. The van der Waals surface area contributed by atoms with E-state index >= 15 is 0 Å². The minimum atomic E-state index is -4.70. The van der Waals surface area contributed by atoms with Crippen molar-refractivity contribution in [2.75, 3.05) is 18.0 Å². The first kappa shape index (κ1) is 16.5. The van der Waals surface area contributed by atoms with Crippen LogP contribution >= 0.6 is 15.9 Å². The van der Waals surface area contributed by atoms with Gasteiger partial charge in [-0.05, 0) is 15.9 Å². The van der Waals surface area contributed by atoms with Crippen molar-refractivity contribution in [1.82, 2.24) is 4.98 Å². The van der Waals surface area contributed by atoms with E-state index in [9.17, 15) is 28.1 Å². The van der Waals surface area contributed by atoms with E-state index in [2.05, 4.69) is 20.9 Å². The molecule has 2 rings (SSSR count). The van der Waals surface area contributed by atoms with Gasteiger partial charge in [0.2, 0.25) is 0 Å². The molecule has 0 bridgehead atoms. The van der Waals surface area contributed by atoms with Crippen LogP contribution in [0.25, 0.3) is 0 Å². The van der Waals surface area contributed by atoms with E-state index in [0.29, 0.717) is 0 Å². The molecule has 0 unspecified atom stereocenters. The zero-order valence-corrected chi connectivity index (χ0v) is 12.3. The predicted octanol–water partition coefficient (Wildman–Crippen LogP) is 2.45. The van der Waals surface area contributed by atoms with Gasteiger partial charge in [0.1, 0.15) is 11.9 Å². The van der Waals surface area contributed by atoms with Crippen LogP contribution in [-0.4, -0.2) is 40.2 Å². The molecule has 7 nitrogen and oxygen atoms in total. The first-order valence-electron chi connectivity index (χ1n) is 5.95. The largest absolute Gasteiger partial charge is 0.481 e. The van der Waals surface area contributed by atoms with Crippen molar-refractivity contribution in [2.45, 2.75) is 6.18 Å². The third-order valence-electron chi connectivity index (χ3n) is 3.42. The summed E-state index contributed by atoms with van der Waals surface area (Å²) in [6, 6.07) is 0. The average molecular weight is 384 g/mol. The lowest BCUT2D eigenvalue weighted by Crippen LogP contribution is -2.33. The fourth-order valence-corrected chi connectivity index (χ4v) is 3.00.